The van der Waals surface area contributed by atoms with Crippen molar-refractivity contribution >= 4 is 47.5 Å². The zero-order chi connectivity index (χ0) is 37.2. The lowest BCUT2D eigenvalue weighted by atomic mass is 9.91. The summed E-state index contributed by atoms with van der Waals surface area (Å²) in [6.07, 6.45) is 9.21. The molecule has 3 N–H and O–H groups in total. The van der Waals surface area contributed by atoms with Crippen molar-refractivity contribution in [1.82, 2.24) is 25.6 Å². The molecule has 282 valence electrons. The Bertz CT molecular complexity index is 1840. The van der Waals surface area contributed by atoms with Crippen LogP contribution >= 0.6 is 19.6 Å². The molecule has 0 bridgehead atoms. The molecule has 53 heavy (non-hydrogen) atoms. The fraction of sp³-hybridized carbons (Fsp3) is 0.450. The molecule has 0 saturated carbocycles. The largest absolute Gasteiger partial charge is 0.465 e. The Morgan fingerprint density at radius 2 is 1.92 bits per heavy atom. The molecule has 4 atom stereocenters. The first-order valence-electron chi connectivity index (χ1n) is 18.6. The van der Waals surface area contributed by atoms with Gasteiger partial charge in [0.1, 0.15) is 24.2 Å². The quantitative estimate of drug-likeness (QED) is 0.103. The van der Waals surface area contributed by atoms with Crippen LogP contribution in [0.2, 0.25) is 0 Å². The van der Waals surface area contributed by atoms with Crippen molar-refractivity contribution < 1.29 is 28.0 Å². The first kappa shape index (κ1) is 38.8. The number of carbonyl (C=O) groups excluding carboxylic acids is 3. The van der Waals surface area contributed by atoms with Crippen LogP contribution in [0.1, 0.15) is 79.1 Å². The number of hydrogen-bond donors (Lipinski definition) is 3. The number of halogens is 1. The van der Waals surface area contributed by atoms with Crippen molar-refractivity contribution in [3.8, 4) is 5.75 Å². The Hall–Kier alpha value is -3.96. The first-order chi connectivity index (χ1) is 25.8. The third-order valence-electron chi connectivity index (χ3n) is 9.86. The predicted molar refractivity (Wildman–Crippen MR) is 208 cm³/mol. The molecule has 2 amide bonds. The normalized spacial score (nSPS) is 20.6. The second-order valence-corrected chi connectivity index (χ2v) is 16.7. The Kier molecular flexibility index (Phi) is 13.8. The molecule has 7 rings (SSSR count). The SMILES string of the molecule is CCCOC(=O)CNP(Cc1ccc2sc(C(=O)N[C@H]3CCC(C)CC4CCCN4C3=O)cc2c1)Oc1ccccc1.Fc1ccncc1C1CNC1. The number of benzene rings is 2. The van der Waals surface area contributed by atoms with E-state index in [-0.39, 0.29) is 30.1 Å². The van der Waals surface area contributed by atoms with Crippen LogP contribution in [-0.2, 0) is 20.5 Å². The van der Waals surface area contributed by atoms with E-state index in [2.05, 4.69) is 33.7 Å². The van der Waals surface area contributed by atoms with Gasteiger partial charge in [-0.25, -0.2) is 4.39 Å². The number of esters is 1. The number of nitrogens with zero attached hydrogens (tertiary/aromatic N) is 2. The maximum absolute atomic E-state index is 13.3. The smallest absolute Gasteiger partial charge is 0.320 e. The lowest BCUT2D eigenvalue weighted by Crippen LogP contribution is -2.51. The average molecular weight is 762 g/mol. The van der Waals surface area contributed by atoms with Gasteiger partial charge in [0, 0.05) is 60.4 Å². The number of carbonyl (C=O) groups is 3. The maximum Gasteiger partial charge on any atom is 0.320 e. The van der Waals surface area contributed by atoms with E-state index in [0.29, 0.717) is 41.9 Å². The van der Waals surface area contributed by atoms with Gasteiger partial charge in [0.05, 0.1) is 11.5 Å². The Morgan fingerprint density at radius 3 is 2.68 bits per heavy atom. The fourth-order valence-corrected chi connectivity index (χ4v) is 9.30. The summed E-state index contributed by atoms with van der Waals surface area (Å²) < 4.78 is 25.4. The molecular weight excluding hydrogens is 713 g/mol. The molecule has 4 aromatic rings. The number of pyridine rings is 1. The van der Waals surface area contributed by atoms with Crippen molar-refractivity contribution in [2.45, 2.75) is 76.5 Å². The number of fused-ring (bicyclic) bond motifs is 2. The van der Waals surface area contributed by atoms with Gasteiger partial charge in [-0.3, -0.25) is 24.5 Å². The Morgan fingerprint density at radius 1 is 1.09 bits per heavy atom. The molecule has 13 heteroatoms. The topological polar surface area (TPSA) is 122 Å². The standard InChI is InChI=1S/C32H40N3O5PS.C8H9FN2/c1-3-16-39-30(36)20-33-41(40-26-9-5-4-6-10-26)21-23-12-14-28-24(18-23)19-29(42-28)31(37)34-27-13-11-22(2)17-25-8-7-15-35(25)32(27)38;9-8-1-2-10-5-7(8)6-3-11-4-6/h4-6,9-10,12,14,18-19,22,25,27,33H,3,7-8,11,13,15-17,20-21H2,1-2H3,(H,34,37);1-2,5-6,11H,3-4H2/t22?,25?,27-,41?;/m0./s1. The summed E-state index contributed by atoms with van der Waals surface area (Å²) in [7, 11) is -1.22. The molecule has 3 aliphatic rings. The van der Waals surface area contributed by atoms with Crippen molar-refractivity contribution in [2.75, 3.05) is 32.8 Å². The number of thiophene rings is 1. The summed E-state index contributed by atoms with van der Waals surface area (Å²) >= 11 is 1.44. The van der Waals surface area contributed by atoms with Crippen LogP contribution in [0.15, 0.2) is 73.1 Å². The van der Waals surface area contributed by atoms with Crippen molar-refractivity contribution in [3.05, 3.63) is 94.9 Å². The van der Waals surface area contributed by atoms with Gasteiger partial charge in [0.15, 0.2) is 8.30 Å². The van der Waals surface area contributed by atoms with Gasteiger partial charge in [-0.15, -0.1) is 11.3 Å². The second-order valence-electron chi connectivity index (χ2n) is 14.0. The van der Waals surface area contributed by atoms with E-state index in [1.54, 1.807) is 6.20 Å². The highest BCUT2D eigenvalue weighted by atomic mass is 32.1. The third kappa shape index (κ3) is 10.6. The Labute approximate surface area is 316 Å². The number of amides is 2. The number of para-hydroxylation sites is 1. The second kappa shape index (κ2) is 18.9. The number of nitrogens with one attached hydrogen (secondary N) is 3. The van der Waals surface area contributed by atoms with E-state index in [4.69, 9.17) is 9.26 Å². The highest BCUT2D eigenvalue weighted by Crippen LogP contribution is 2.39. The zero-order valence-electron chi connectivity index (χ0n) is 30.4. The van der Waals surface area contributed by atoms with Crippen LogP contribution in [0.25, 0.3) is 10.1 Å². The van der Waals surface area contributed by atoms with E-state index in [1.807, 2.05) is 60.4 Å². The van der Waals surface area contributed by atoms with Gasteiger partial charge in [0.2, 0.25) is 5.91 Å². The van der Waals surface area contributed by atoms with Gasteiger partial charge in [0.25, 0.3) is 5.91 Å². The molecule has 0 radical (unpaired) electrons. The summed E-state index contributed by atoms with van der Waals surface area (Å²) in [6.45, 7) is 7.22. The summed E-state index contributed by atoms with van der Waals surface area (Å²) in [6, 6.07) is 18.8. The molecule has 3 unspecified atom stereocenters. The van der Waals surface area contributed by atoms with Crippen LogP contribution < -0.4 is 20.2 Å². The summed E-state index contributed by atoms with van der Waals surface area (Å²) in [5.41, 5.74) is 1.78. The molecule has 3 aliphatic heterocycles. The molecule has 10 nitrogen and oxygen atoms in total. The summed E-state index contributed by atoms with van der Waals surface area (Å²) in [5.74, 6) is 1.05. The fourth-order valence-electron chi connectivity index (χ4n) is 6.91. The van der Waals surface area contributed by atoms with Gasteiger partial charge < -0.3 is 24.8 Å². The lowest BCUT2D eigenvalue weighted by Gasteiger charge is -2.34. The molecule has 2 aromatic carbocycles. The zero-order valence-corrected chi connectivity index (χ0v) is 32.1. The van der Waals surface area contributed by atoms with Crippen molar-refractivity contribution in [2.24, 2.45) is 5.92 Å². The number of ether oxygens (including phenoxy) is 1. The number of rotatable bonds is 12. The molecular formula is C40H49FN5O5PS. The van der Waals surface area contributed by atoms with Gasteiger partial charge in [-0.1, -0.05) is 38.1 Å². The van der Waals surface area contributed by atoms with E-state index < -0.39 is 14.3 Å². The summed E-state index contributed by atoms with van der Waals surface area (Å²) in [5, 5.41) is 10.4. The number of hydrogen-bond acceptors (Lipinski definition) is 9. The molecule has 2 aromatic heterocycles. The average Bonchev–Trinajstić information content (AvgIpc) is 3.78. The Balaban J connectivity index is 0.000000370. The minimum absolute atomic E-state index is 0.0685. The van der Waals surface area contributed by atoms with E-state index in [0.717, 1.165) is 78.7 Å². The monoisotopic (exact) mass is 761 g/mol. The van der Waals surface area contributed by atoms with Crippen LogP contribution in [0.3, 0.4) is 0 Å². The van der Waals surface area contributed by atoms with Crippen LogP contribution in [0.5, 0.6) is 5.75 Å². The van der Waals surface area contributed by atoms with Gasteiger partial charge in [-0.2, -0.15) is 0 Å². The highest BCUT2D eigenvalue weighted by molar-refractivity contribution is 7.50. The van der Waals surface area contributed by atoms with Crippen LogP contribution in [-0.4, -0.2) is 72.5 Å². The van der Waals surface area contributed by atoms with Gasteiger partial charge in [-0.05, 0) is 91.8 Å². The summed E-state index contributed by atoms with van der Waals surface area (Å²) in [4.78, 5) is 45.3. The van der Waals surface area contributed by atoms with Crippen molar-refractivity contribution in [3.63, 3.8) is 0 Å². The first-order valence-corrected chi connectivity index (χ1v) is 20.9. The van der Waals surface area contributed by atoms with E-state index >= 15 is 0 Å². The minimum atomic E-state index is -1.22. The minimum Gasteiger partial charge on any atom is -0.465 e. The molecule has 3 fully saturated rings. The van der Waals surface area contributed by atoms with E-state index in [1.165, 1.54) is 23.6 Å². The van der Waals surface area contributed by atoms with Gasteiger partial charge >= 0.3 is 5.97 Å². The molecule has 0 aliphatic carbocycles. The molecule has 5 heterocycles. The van der Waals surface area contributed by atoms with Crippen LogP contribution in [0.4, 0.5) is 4.39 Å². The van der Waals surface area contributed by atoms with Crippen molar-refractivity contribution in [1.29, 1.82) is 0 Å². The predicted octanol–water partition coefficient (Wildman–Crippen LogP) is 7.15. The van der Waals surface area contributed by atoms with E-state index in [9.17, 15) is 18.8 Å². The molecule has 3 saturated heterocycles. The maximum atomic E-state index is 13.3. The van der Waals surface area contributed by atoms with Crippen LogP contribution in [0, 0.1) is 11.7 Å². The molecule has 0 spiro atoms. The number of aromatic nitrogens is 1. The highest BCUT2D eigenvalue weighted by Gasteiger charge is 2.37. The third-order valence-corrected chi connectivity index (χ3v) is 12.6. The lowest BCUT2D eigenvalue weighted by molar-refractivity contribution is -0.142.